The van der Waals surface area contributed by atoms with E-state index in [2.05, 4.69) is 4.72 Å². The maximum atomic E-state index is 11.5. The van der Waals surface area contributed by atoms with E-state index in [9.17, 15) is 13.5 Å². The summed E-state index contributed by atoms with van der Waals surface area (Å²) in [4.78, 5) is 0. The molecular weight excluding hydrogens is 250 g/mol. The van der Waals surface area contributed by atoms with Gasteiger partial charge in [0.25, 0.3) is 0 Å². The van der Waals surface area contributed by atoms with Gasteiger partial charge in [-0.2, -0.15) is 0 Å². The summed E-state index contributed by atoms with van der Waals surface area (Å²) in [5.74, 6) is 0.0325. The van der Waals surface area contributed by atoms with Crippen molar-refractivity contribution in [1.82, 2.24) is 4.72 Å². The zero-order chi connectivity index (χ0) is 13.2. The van der Waals surface area contributed by atoms with Crippen LogP contribution in [0, 0.1) is 0 Å². The zero-order valence-corrected chi connectivity index (χ0v) is 11.3. The SMILES string of the molecule is CCS(=O)(=O)NCC1(O)CCCc2ccccc21. The number of fused-ring (bicyclic) bond motifs is 1. The Morgan fingerprint density at radius 1 is 1.39 bits per heavy atom. The molecule has 1 aliphatic carbocycles. The average molecular weight is 269 g/mol. The number of aliphatic hydroxyl groups is 1. The van der Waals surface area contributed by atoms with Gasteiger partial charge in [-0.1, -0.05) is 24.3 Å². The van der Waals surface area contributed by atoms with Gasteiger partial charge in [0.1, 0.15) is 5.60 Å². The molecule has 0 fully saturated rings. The maximum absolute atomic E-state index is 11.5. The van der Waals surface area contributed by atoms with Crippen molar-refractivity contribution in [3.8, 4) is 0 Å². The summed E-state index contributed by atoms with van der Waals surface area (Å²) in [6.07, 6.45) is 2.41. The van der Waals surface area contributed by atoms with E-state index in [1.54, 1.807) is 6.92 Å². The van der Waals surface area contributed by atoms with Gasteiger partial charge in [-0.25, -0.2) is 13.1 Å². The van der Waals surface area contributed by atoms with E-state index in [1.165, 1.54) is 0 Å². The maximum Gasteiger partial charge on any atom is 0.211 e. The molecule has 0 aromatic heterocycles. The van der Waals surface area contributed by atoms with Crippen LogP contribution in [0.2, 0.25) is 0 Å². The van der Waals surface area contributed by atoms with Gasteiger partial charge in [-0.05, 0) is 37.3 Å². The third-order valence-electron chi connectivity index (χ3n) is 3.52. The van der Waals surface area contributed by atoms with E-state index in [4.69, 9.17) is 0 Å². The second kappa shape index (κ2) is 4.99. The lowest BCUT2D eigenvalue weighted by molar-refractivity contribution is 0.0243. The predicted molar refractivity (Wildman–Crippen MR) is 70.7 cm³/mol. The Kier molecular flexibility index (Phi) is 3.75. The Balaban J connectivity index is 2.22. The molecule has 18 heavy (non-hydrogen) atoms. The summed E-state index contributed by atoms with van der Waals surface area (Å²) in [5.41, 5.74) is 0.897. The molecule has 2 rings (SSSR count). The summed E-state index contributed by atoms with van der Waals surface area (Å²) in [5, 5.41) is 10.7. The Bertz CT molecular complexity index is 527. The Morgan fingerprint density at radius 3 is 2.83 bits per heavy atom. The fraction of sp³-hybridized carbons (Fsp3) is 0.538. The molecule has 2 N–H and O–H groups in total. The van der Waals surface area contributed by atoms with Gasteiger partial charge in [0.2, 0.25) is 10.0 Å². The highest BCUT2D eigenvalue weighted by molar-refractivity contribution is 7.89. The molecule has 100 valence electrons. The van der Waals surface area contributed by atoms with Gasteiger partial charge >= 0.3 is 0 Å². The highest BCUT2D eigenvalue weighted by Crippen LogP contribution is 2.34. The van der Waals surface area contributed by atoms with Crippen molar-refractivity contribution in [2.75, 3.05) is 12.3 Å². The van der Waals surface area contributed by atoms with Gasteiger partial charge in [0.15, 0.2) is 0 Å². The van der Waals surface area contributed by atoms with Gasteiger partial charge in [-0.15, -0.1) is 0 Å². The zero-order valence-electron chi connectivity index (χ0n) is 10.5. The van der Waals surface area contributed by atoms with Crippen molar-refractivity contribution in [2.24, 2.45) is 0 Å². The van der Waals surface area contributed by atoms with Crippen LogP contribution in [0.5, 0.6) is 0 Å². The Morgan fingerprint density at radius 2 is 2.11 bits per heavy atom. The lowest BCUT2D eigenvalue weighted by Gasteiger charge is -2.34. The molecule has 0 spiro atoms. The topological polar surface area (TPSA) is 66.4 Å². The molecule has 0 saturated heterocycles. The van der Waals surface area contributed by atoms with Crippen LogP contribution in [0.15, 0.2) is 24.3 Å². The Labute approximate surface area is 108 Å². The van der Waals surface area contributed by atoms with Crippen LogP contribution in [0.1, 0.15) is 30.9 Å². The van der Waals surface area contributed by atoms with Crippen molar-refractivity contribution in [1.29, 1.82) is 0 Å². The largest absolute Gasteiger partial charge is 0.384 e. The van der Waals surface area contributed by atoms with Crippen molar-refractivity contribution in [3.05, 3.63) is 35.4 Å². The summed E-state index contributed by atoms with van der Waals surface area (Å²) < 4.78 is 25.4. The third-order valence-corrected chi connectivity index (χ3v) is 4.86. The van der Waals surface area contributed by atoms with E-state index in [0.29, 0.717) is 6.42 Å². The molecule has 5 heteroatoms. The van der Waals surface area contributed by atoms with Crippen LogP contribution < -0.4 is 4.72 Å². The molecule has 1 aliphatic rings. The molecule has 1 aromatic carbocycles. The van der Waals surface area contributed by atoms with Crippen molar-refractivity contribution >= 4 is 10.0 Å². The van der Waals surface area contributed by atoms with Gasteiger partial charge < -0.3 is 5.11 Å². The van der Waals surface area contributed by atoms with Crippen molar-refractivity contribution in [2.45, 2.75) is 31.8 Å². The summed E-state index contributed by atoms with van der Waals surface area (Å²) >= 11 is 0. The number of hydrogen-bond donors (Lipinski definition) is 2. The quantitative estimate of drug-likeness (QED) is 0.861. The monoisotopic (exact) mass is 269 g/mol. The molecule has 1 unspecified atom stereocenters. The van der Waals surface area contributed by atoms with E-state index in [-0.39, 0.29) is 12.3 Å². The van der Waals surface area contributed by atoms with Crippen LogP contribution in [-0.2, 0) is 22.0 Å². The minimum atomic E-state index is -3.27. The minimum Gasteiger partial charge on any atom is -0.384 e. The number of rotatable bonds is 4. The molecule has 0 amide bonds. The second-order valence-corrected chi connectivity index (χ2v) is 6.86. The second-order valence-electron chi connectivity index (χ2n) is 4.77. The van der Waals surface area contributed by atoms with Gasteiger partial charge in [-0.3, -0.25) is 0 Å². The van der Waals surface area contributed by atoms with E-state index in [0.717, 1.165) is 24.0 Å². The first kappa shape index (κ1) is 13.5. The normalized spacial score (nSPS) is 23.7. The van der Waals surface area contributed by atoms with Gasteiger partial charge in [0.05, 0.1) is 5.75 Å². The van der Waals surface area contributed by atoms with Crippen LogP contribution in [-0.4, -0.2) is 25.8 Å². The highest BCUT2D eigenvalue weighted by Gasteiger charge is 2.34. The average Bonchev–Trinajstić information content (AvgIpc) is 2.38. The van der Waals surface area contributed by atoms with Gasteiger partial charge in [0, 0.05) is 6.54 Å². The number of aryl methyl sites for hydroxylation is 1. The third kappa shape index (κ3) is 2.74. The first-order valence-corrected chi connectivity index (χ1v) is 7.90. The van der Waals surface area contributed by atoms with Crippen LogP contribution in [0.25, 0.3) is 0 Å². The standard InChI is InChI=1S/C13H19NO3S/c1-2-18(16,17)14-10-13(15)9-5-7-11-6-3-4-8-12(11)13/h3-4,6,8,14-15H,2,5,7,9-10H2,1H3. The molecule has 0 saturated carbocycles. The van der Waals surface area contributed by atoms with E-state index >= 15 is 0 Å². The highest BCUT2D eigenvalue weighted by atomic mass is 32.2. The molecule has 4 nitrogen and oxygen atoms in total. The van der Waals surface area contributed by atoms with E-state index in [1.807, 2.05) is 24.3 Å². The van der Waals surface area contributed by atoms with Crippen LogP contribution >= 0.6 is 0 Å². The molecule has 0 radical (unpaired) electrons. The predicted octanol–water partition coefficient (Wildman–Crippen LogP) is 1.15. The fourth-order valence-electron chi connectivity index (χ4n) is 2.41. The van der Waals surface area contributed by atoms with Crippen LogP contribution in [0.4, 0.5) is 0 Å². The summed E-state index contributed by atoms with van der Waals surface area (Å²) in [6.45, 7) is 1.64. The lowest BCUT2D eigenvalue weighted by Crippen LogP contribution is -2.43. The van der Waals surface area contributed by atoms with E-state index < -0.39 is 15.6 Å². The van der Waals surface area contributed by atoms with Crippen molar-refractivity contribution < 1.29 is 13.5 Å². The summed E-state index contributed by atoms with van der Waals surface area (Å²) in [7, 11) is -3.27. The molecule has 0 aliphatic heterocycles. The van der Waals surface area contributed by atoms with Crippen molar-refractivity contribution in [3.63, 3.8) is 0 Å². The number of sulfonamides is 1. The smallest absolute Gasteiger partial charge is 0.211 e. The molecule has 0 heterocycles. The number of hydrogen-bond acceptors (Lipinski definition) is 3. The lowest BCUT2D eigenvalue weighted by atomic mass is 9.79. The number of nitrogens with one attached hydrogen (secondary N) is 1. The fourth-order valence-corrected chi connectivity index (χ4v) is 3.08. The molecular formula is C13H19NO3S. The molecule has 1 aromatic rings. The Hall–Kier alpha value is -0.910. The molecule has 1 atom stereocenters. The first-order chi connectivity index (χ1) is 8.47. The number of benzene rings is 1. The minimum absolute atomic E-state index is 0.0325. The molecule has 0 bridgehead atoms. The van der Waals surface area contributed by atoms with Crippen LogP contribution in [0.3, 0.4) is 0 Å². The first-order valence-electron chi connectivity index (χ1n) is 6.25. The summed E-state index contributed by atoms with van der Waals surface area (Å²) in [6, 6.07) is 7.70.